The molecule has 3 aromatic carbocycles. The molecule has 0 heterocycles. The van der Waals surface area contributed by atoms with Crippen molar-refractivity contribution in [3.8, 4) is 5.75 Å². The van der Waals surface area contributed by atoms with E-state index in [0.717, 1.165) is 17.7 Å². The molecule has 0 aliphatic heterocycles. The van der Waals surface area contributed by atoms with Gasteiger partial charge in [0.2, 0.25) is 0 Å². The van der Waals surface area contributed by atoms with Crippen LogP contribution in [0, 0.1) is 6.92 Å². The molecule has 2 N–H and O–H groups in total. The molecule has 5 heteroatoms. The van der Waals surface area contributed by atoms with Crippen molar-refractivity contribution in [1.29, 1.82) is 0 Å². The molecule has 0 fully saturated rings. The molecule has 2 amide bonds. The average molecular weight is 388 g/mol. The minimum atomic E-state index is -0.261. The van der Waals surface area contributed by atoms with Gasteiger partial charge in [0.05, 0.1) is 6.61 Å². The van der Waals surface area contributed by atoms with Crippen LogP contribution in [0.5, 0.6) is 5.75 Å². The number of amides is 2. The van der Waals surface area contributed by atoms with E-state index in [4.69, 9.17) is 4.74 Å². The van der Waals surface area contributed by atoms with Crippen molar-refractivity contribution >= 4 is 23.2 Å². The molecule has 0 saturated carbocycles. The third kappa shape index (κ3) is 5.69. The van der Waals surface area contributed by atoms with E-state index in [1.807, 2.05) is 44.2 Å². The first-order chi connectivity index (χ1) is 14.0. The molecule has 0 atom stereocenters. The maximum Gasteiger partial charge on any atom is 0.255 e. The summed E-state index contributed by atoms with van der Waals surface area (Å²) in [6.07, 6.45) is 0.897. The third-order valence-corrected chi connectivity index (χ3v) is 4.23. The Morgan fingerprint density at radius 2 is 1.38 bits per heavy atom. The first-order valence-electron chi connectivity index (χ1n) is 9.57. The number of benzene rings is 3. The summed E-state index contributed by atoms with van der Waals surface area (Å²) in [5, 5.41) is 5.71. The number of hydrogen-bond acceptors (Lipinski definition) is 3. The van der Waals surface area contributed by atoms with Gasteiger partial charge in [-0.05, 0) is 67.4 Å². The summed E-state index contributed by atoms with van der Waals surface area (Å²) in [6, 6.07) is 21.5. The van der Waals surface area contributed by atoms with E-state index < -0.39 is 0 Å². The Morgan fingerprint density at radius 3 is 2.03 bits per heavy atom. The number of carbonyl (C=O) groups excluding carboxylic acids is 2. The normalized spacial score (nSPS) is 10.3. The molecule has 0 radical (unpaired) electrons. The zero-order valence-corrected chi connectivity index (χ0v) is 16.6. The van der Waals surface area contributed by atoms with Crippen molar-refractivity contribution < 1.29 is 14.3 Å². The van der Waals surface area contributed by atoms with Crippen LogP contribution in [0.25, 0.3) is 0 Å². The van der Waals surface area contributed by atoms with Gasteiger partial charge in [0, 0.05) is 22.5 Å². The minimum Gasteiger partial charge on any atom is -0.494 e. The van der Waals surface area contributed by atoms with Crippen LogP contribution in [0.2, 0.25) is 0 Å². The summed E-state index contributed by atoms with van der Waals surface area (Å²) in [7, 11) is 0. The van der Waals surface area contributed by atoms with Gasteiger partial charge in [0.25, 0.3) is 11.8 Å². The zero-order chi connectivity index (χ0) is 20.6. The number of hydrogen-bond donors (Lipinski definition) is 2. The predicted octanol–water partition coefficient (Wildman–Crippen LogP) is 5.29. The Labute approximate surface area is 170 Å². The van der Waals surface area contributed by atoms with Gasteiger partial charge < -0.3 is 15.4 Å². The minimum absolute atomic E-state index is 0.235. The highest BCUT2D eigenvalue weighted by atomic mass is 16.5. The van der Waals surface area contributed by atoms with Crippen LogP contribution in [0.15, 0.2) is 72.8 Å². The fourth-order valence-corrected chi connectivity index (χ4v) is 2.81. The van der Waals surface area contributed by atoms with E-state index in [1.165, 1.54) is 0 Å². The van der Waals surface area contributed by atoms with Crippen molar-refractivity contribution in [3.63, 3.8) is 0 Å². The quantitative estimate of drug-likeness (QED) is 0.578. The largest absolute Gasteiger partial charge is 0.494 e. The monoisotopic (exact) mass is 388 g/mol. The van der Waals surface area contributed by atoms with E-state index >= 15 is 0 Å². The molecule has 5 nitrogen and oxygen atoms in total. The summed E-state index contributed by atoms with van der Waals surface area (Å²) >= 11 is 0. The smallest absolute Gasteiger partial charge is 0.255 e. The van der Waals surface area contributed by atoms with Gasteiger partial charge in [0.1, 0.15) is 5.75 Å². The topological polar surface area (TPSA) is 67.4 Å². The Kier molecular flexibility index (Phi) is 6.63. The highest BCUT2D eigenvalue weighted by molar-refractivity contribution is 6.07. The molecule has 0 aliphatic rings. The standard InChI is InChI=1S/C24H24N2O3/c1-3-13-29-22-12-6-9-19(16-22)24(28)26-21-11-5-8-18(15-21)23(27)25-20-10-4-7-17(2)14-20/h4-12,14-16H,3,13H2,1-2H3,(H,25,27)(H,26,28). The third-order valence-electron chi connectivity index (χ3n) is 4.23. The molecular weight excluding hydrogens is 364 g/mol. The summed E-state index contributed by atoms with van der Waals surface area (Å²) in [6.45, 7) is 4.59. The average Bonchev–Trinajstić information content (AvgIpc) is 2.72. The lowest BCUT2D eigenvalue weighted by Gasteiger charge is -2.10. The molecule has 0 spiro atoms. The van der Waals surface area contributed by atoms with Gasteiger partial charge in [-0.1, -0.05) is 31.2 Å². The van der Waals surface area contributed by atoms with Crippen LogP contribution in [-0.4, -0.2) is 18.4 Å². The Hall–Kier alpha value is -3.60. The Bertz CT molecular complexity index is 1010. The number of ether oxygens (including phenoxy) is 1. The predicted molar refractivity (Wildman–Crippen MR) is 116 cm³/mol. The van der Waals surface area contributed by atoms with E-state index in [2.05, 4.69) is 10.6 Å². The van der Waals surface area contributed by atoms with Crippen LogP contribution in [-0.2, 0) is 0 Å². The van der Waals surface area contributed by atoms with Gasteiger partial charge >= 0.3 is 0 Å². The highest BCUT2D eigenvalue weighted by Gasteiger charge is 2.11. The van der Waals surface area contributed by atoms with Crippen LogP contribution < -0.4 is 15.4 Å². The molecule has 148 valence electrons. The number of nitrogens with one attached hydrogen (secondary N) is 2. The lowest BCUT2D eigenvalue weighted by atomic mass is 10.1. The maximum atomic E-state index is 12.6. The fourth-order valence-electron chi connectivity index (χ4n) is 2.81. The van der Waals surface area contributed by atoms with Crippen molar-refractivity contribution in [1.82, 2.24) is 0 Å². The van der Waals surface area contributed by atoms with E-state index in [0.29, 0.717) is 29.2 Å². The van der Waals surface area contributed by atoms with Gasteiger partial charge in [-0.3, -0.25) is 9.59 Å². The van der Waals surface area contributed by atoms with Gasteiger partial charge in [-0.2, -0.15) is 0 Å². The lowest BCUT2D eigenvalue weighted by molar-refractivity contribution is 0.101. The van der Waals surface area contributed by atoms with E-state index in [9.17, 15) is 9.59 Å². The SMILES string of the molecule is CCCOc1cccc(C(=O)Nc2cccc(C(=O)Nc3cccc(C)c3)c2)c1. The van der Waals surface area contributed by atoms with Crippen molar-refractivity contribution in [2.75, 3.05) is 17.2 Å². The van der Waals surface area contributed by atoms with Gasteiger partial charge in [0.15, 0.2) is 0 Å². The maximum absolute atomic E-state index is 12.6. The second-order valence-electron chi connectivity index (χ2n) is 6.73. The second kappa shape index (κ2) is 9.55. The lowest BCUT2D eigenvalue weighted by Crippen LogP contribution is -2.14. The molecule has 0 aliphatic carbocycles. The summed E-state index contributed by atoms with van der Waals surface area (Å²) < 4.78 is 5.58. The Morgan fingerprint density at radius 1 is 0.793 bits per heavy atom. The van der Waals surface area contributed by atoms with Gasteiger partial charge in [-0.15, -0.1) is 0 Å². The van der Waals surface area contributed by atoms with Crippen LogP contribution >= 0.6 is 0 Å². The number of carbonyl (C=O) groups is 2. The summed E-state index contributed by atoms with van der Waals surface area (Å²) in [5.74, 6) is 0.163. The van der Waals surface area contributed by atoms with Crippen LogP contribution in [0.3, 0.4) is 0 Å². The molecular formula is C24H24N2O3. The zero-order valence-electron chi connectivity index (χ0n) is 16.6. The molecule has 0 bridgehead atoms. The number of anilines is 2. The Balaban J connectivity index is 1.69. The first-order valence-corrected chi connectivity index (χ1v) is 9.57. The molecule has 3 aromatic rings. The summed E-state index contributed by atoms with van der Waals surface area (Å²) in [5.41, 5.74) is 3.30. The number of aryl methyl sites for hydroxylation is 1. The van der Waals surface area contributed by atoms with Crippen molar-refractivity contribution in [3.05, 3.63) is 89.5 Å². The van der Waals surface area contributed by atoms with Crippen LogP contribution in [0.4, 0.5) is 11.4 Å². The summed E-state index contributed by atoms with van der Waals surface area (Å²) in [4.78, 5) is 25.1. The van der Waals surface area contributed by atoms with E-state index in [-0.39, 0.29) is 11.8 Å². The van der Waals surface area contributed by atoms with Gasteiger partial charge in [-0.25, -0.2) is 0 Å². The van der Waals surface area contributed by atoms with E-state index in [1.54, 1.807) is 42.5 Å². The molecule has 29 heavy (non-hydrogen) atoms. The molecule has 0 aromatic heterocycles. The highest BCUT2D eigenvalue weighted by Crippen LogP contribution is 2.18. The molecule has 3 rings (SSSR count). The molecule has 0 unspecified atom stereocenters. The molecule has 0 saturated heterocycles. The van der Waals surface area contributed by atoms with Crippen molar-refractivity contribution in [2.24, 2.45) is 0 Å². The second-order valence-corrected chi connectivity index (χ2v) is 6.73. The first kappa shape index (κ1) is 20.1. The fraction of sp³-hybridized carbons (Fsp3) is 0.167. The van der Waals surface area contributed by atoms with Crippen molar-refractivity contribution in [2.45, 2.75) is 20.3 Å². The van der Waals surface area contributed by atoms with Crippen LogP contribution in [0.1, 0.15) is 39.6 Å². The number of rotatable bonds is 7.